The molecule has 2 aromatic heterocycles. The third kappa shape index (κ3) is 4.28. The van der Waals surface area contributed by atoms with Crippen molar-refractivity contribution in [3.05, 3.63) is 60.1 Å². The Balaban J connectivity index is 1.28. The minimum atomic E-state index is -0.818. The first-order valence-corrected chi connectivity index (χ1v) is 9.57. The van der Waals surface area contributed by atoms with Gasteiger partial charge in [0.25, 0.3) is 0 Å². The van der Waals surface area contributed by atoms with E-state index < -0.39 is 11.6 Å². The summed E-state index contributed by atoms with van der Waals surface area (Å²) in [6.07, 6.45) is 2.89. The molecule has 7 nitrogen and oxygen atoms in total. The quantitative estimate of drug-likeness (QED) is 0.509. The number of guanidine groups is 1. The fourth-order valence-electron chi connectivity index (χ4n) is 3.55. The Hall–Kier alpha value is -3.23. The van der Waals surface area contributed by atoms with Gasteiger partial charge in [-0.3, -0.25) is 9.39 Å². The van der Waals surface area contributed by atoms with Crippen molar-refractivity contribution in [3.63, 3.8) is 0 Å². The molecule has 1 atom stereocenters. The maximum atomic E-state index is 13.5. The molecule has 0 saturated carbocycles. The van der Waals surface area contributed by atoms with Crippen LogP contribution in [0.4, 0.5) is 14.5 Å². The zero-order valence-electron chi connectivity index (χ0n) is 16.1. The van der Waals surface area contributed by atoms with E-state index in [1.807, 2.05) is 28.8 Å². The molecule has 0 spiro atoms. The Labute approximate surface area is 167 Å². The number of fused-ring (bicyclic) bond motifs is 1. The van der Waals surface area contributed by atoms with Crippen molar-refractivity contribution in [3.8, 4) is 0 Å². The predicted molar refractivity (Wildman–Crippen MR) is 108 cm³/mol. The SMILES string of the molecule is CN=C(NCc1nnc2ccccn12)NCC1CCN(c2ccc(F)c(F)c2)C1. The van der Waals surface area contributed by atoms with Crippen LogP contribution in [-0.2, 0) is 6.54 Å². The number of nitrogens with one attached hydrogen (secondary N) is 2. The molecule has 0 bridgehead atoms. The van der Waals surface area contributed by atoms with Crippen molar-refractivity contribution in [1.82, 2.24) is 25.2 Å². The third-order valence-corrected chi connectivity index (χ3v) is 5.13. The molecular weight excluding hydrogens is 376 g/mol. The number of hydrogen-bond acceptors (Lipinski definition) is 4. The molecular formula is C20H23F2N7. The summed E-state index contributed by atoms with van der Waals surface area (Å²) < 4.78 is 28.5. The molecule has 9 heteroatoms. The fourth-order valence-corrected chi connectivity index (χ4v) is 3.55. The molecule has 1 saturated heterocycles. The first-order valence-electron chi connectivity index (χ1n) is 9.57. The summed E-state index contributed by atoms with van der Waals surface area (Å²) in [7, 11) is 1.72. The number of rotatable bonds is 5. The zero-order valence-corrected chi connectivity index (χ0v) is 16.1. The second-order valence-electron chi connectivity index (χ2n) is 7.05. The highest BCUT2D eigenvalue weighted by atomic mass is 19.2. The first-order chi connectivity index (χ1) is 14.1. The van der Waals surface area contributed by atoms with Crippen molar-refractivity contribution in [2.45, 2.75) is 13.0 Å². The summed E-state index contributed by atoms with van der Waals surface area (Å²) in [5, 5.41) is 14.9. The van der Waals surface area contributed by atoms with Gasteiger partial charge in [-0.25, -0.2) is 8.78 Å². The van der Waals surface area contributed by atoms with Gasteiger partial charge in [0.2, 0.25) is 0 Å². The monoisotopic (exact) mass is 399 g/mol. The molecule has 3 heterocycles. The lowest BCUT2D eigenvalue weighted by Gasteiger charge is -2.19. The molecule has 0 aliphatic carbocycles. The third-order valence-electron chi connectivity index (χ3n) is 5.13. The number of hydrogen-bond donors (Lipinski definition) is 2. The topological polar surface area (TPSA) is 69.8 Å². The van der Waals surface area contributed by atoms with Gasteiger partial charge < -0.3 is 15.5 Å². The zero-order chi connectivity index (χ0) is 20.2. The molecule has 4 rings (SSSR count). The Morgan fingerprint density at radius 3 is 2.90 bits per heavy atom. The lowest BCUT2D eigenvalue weighted by Crippen LogP contribution is -2.40. The van der Waals surface area contributed by atoms with Gasteiger partial charge in [0.05, 0.1) is 6.54 Å². The molecule has 152 valence electrons. The van der Waals surface area contributed by atoms with Crippen LogP contribution in [0.25, 0.3) is 5.65 Å². The van der Waals surface area contributed by atoms with E-state index in [1.165, 1.54) is 12.1 Å². The predicted octanol–water partition coefficient (Wildman–Crippen LogP) is 2.20. The molecule has 3 aromatic rings. The number of nitrogens with zero attached hydrogens (tertiary/aromatic N) is 5. The van der Waals surface area contributed by atoms with Crippen LogP contribution < -0.4 is 15.5 Å². The smallest absolute Gasteiger partial charge is 0.191 e. The van der Waals surface area contributed by atoms with Gasteiger partial charge in [-0.2, -0.15) is 0 Å². The number of aliphatic imine (C=N–C) groups is 1. The second-order valence-corrected chi connectivity index (χ2v) is 7.05. The minimum absolute atomic E-state index is 0.385. The summed E-state index contributed by atoms with van der Waals surface area (Å²) in [4.78, 5) is 6.34. The Bertz CT molecular complexity index is 1020. The van der Waals surface area contributed by atoms with Crippen LogP contribution in [-0.4, -0.2) is 47.2 Å². The van der Waals surface area contributed by atoms with E-state index in [4.69, 9.17) is 0 Å². The van der Waals surface area contributed by atoms with Crippen LogP contribution in [0.2, 0.25) is 0 Å². The van der Waals surface area contributed by atoms with E-state index in [0.717, 1.165) is 37.5 Å². The summed E-state index contributed by atoms with van der Waals surface area (Å²) in [5.41, 5.74) is 1.52. The number of halogens is 2. The van der Waals surface area contributed by atoms with E-state index in [2.05, 4.69) is 30.7 Å². The highest BCUT2D eigenvalue weighted by Gasteiger charge is 2.23. The van der Waals surface area contributed by atoms with Crippen LogP contribution in [0.15, 0.2) is 47.6 Å². The van der Waals surface area contributed by atoms with Crippen LogP contribution in [0.1, 0.15) is 12.2 Å². The lowest BCUT2D eigenvalue weighted by molar-refractivity contribution is 0.508. The molecule has 1 fully saturated rings. The van der Waals surface area contributed by atoms with E-state index in [1.54, 1.807) is 13.1 Å². The summed E-state index contributed by atoms with van der Waals surface area (Å²) in [6.45, 7) is 2.83. The number of pyridine rings is 1. The second kappa shape index (κ2) is 8.42. The van der Waals surface area contributed by atoms with Gasteiger partial charge in [0.1, 0.15) is 0 Å². The Morgan fingerprint density at radius 2 is 2.07 bits per heavy atom. The summed E-state index contributed by atoms with van der Waals surface area (Å²) in [6, 6.07) is 9.82. The van der Waals surface area contributed by atoms with Crippen LogP contribution in [0, 0.1) is 17.6 Å². The number of anilines is 1. The van der Waals surface area contributed by atoms with Gasteiger partial charge in [0.15, 0.2) is 29.1 Å². The highest BCUT2D eigenvalue weighted by molar-refractivity contribution is 5.79. The molecule has 0 amide bonds. The van der Waals surface area contributed by atoms with E-state index in [0.29, 0.717) is 24.1 Å². The summed E-state index contributed by atoms with van der Waals surface area (Å²) in [5.74, 6) is 0.240. The first kappa shape index (κ1) is 19.1. The molecule has 1 aliphatic rings. The van der Waals surface area contributed by atoms with Gasteiger partial charge in [-0.05, 0) is 36.6 Å². The molecule has 2 N–H and O–H groups in total. The summed E-state index contributed by atoms with van der Waals surface area (Å²) >= 11 is 0. The Morgan fingerprint density at radius 1 is 1.17 bits per heavy atom. The normalized spacial score (nSPS) is 17.1. The maximum absolute atomic E-state index is 13.5. The largest absolute Gasteiger partial charge is 0.371 e. The maximum Gasteiger partial charge on any atom is 0.191 e. The molecule has 1 aliphatic heterocycles. The van der Waals surface area contributed by atoms with Gasteiger partial charge in [-0.1, -0.05) is 6.07 Å². The lowest BCUT2D eigenvalue weighted by atomic mass is 10.1. The minimum Gasteiger partial charge on any atom is -0.371 e. The van der Waals surface area contributed by atoms with Crippen LogP contribution >= 0.6 is 0 Å². The van der Waals surface area contributed by atoms with Gasteiger partial charge >= 0.3 is 0 Å². The van der Waals surface area contributed by atoms with Crippen molar-refractivity contribution >= 4 is 17.3 Å². The van der Waals surface area contributed by atoms with Crippen LogP contribution in [0.5, 0.6) is 0 Å². The molecule has 1 unspecified atom stereocenters. The van der Waals surface area contributed by atoms with Gasteiger partial charge in [0, 0.05) is 44.6 Å². The van der Waals surface area contributed by atoms with Crippen molar-refractivity contribution < 1.29 is 8.78 Å². The average molecular weight is 399 g/mol. The Kier molecular flexibility index (Phi) is 5.55. The standard InChI is InChI=1S/C20H23F2N7/c1-23-20(25-12-19-27-26-18-4-2-3-8-29(18)19)24-11-14-7-9-28(13-14)15-5-6-16(21)17(22)10-15/h2-6,8,10,14H,7,9,11-13H2,1H3,(H2,23,24,25). The molecule has 0 radical (unpaired) electrons. The van der Waals surface area contributed by atoms with E-state index in [-0.39, 0.29) is 0 Å². The molecule has 29 heavy (non-hydrogen) atoms. The van der Waals surface area contributed by atoms with Crippen molar-refractivity contribution in [1.29, 1.82) is 0 Å². The van der Waals surface area contributed by atoms with Crippen LogP contribution in [0.3, 0.4) is 0 Å². The van der Waals surface area contributed by atoms with E-state index >= 15 is 0 Å². The number of aromatic nitrogens is 3. The average Bonchev–Trinajstić information content (AvgIpc) is 3.37. The van der Waals surface area contributed by atoms with Crippen molar-refractivity contribution in [2.24, 2.45) is 10.9 Å². The molecule has 1 aromatic carbocycles. The van der Waals surface area contributed by atoms with E-state index in [9.17, 15) is 8.78 Å². The van der Waals surface area contributed by atoms with Crippen molar-refractivity contribution in [2.75, 3.05) is 31.6 Å². The highest BCUT2D eigenvalue weighted by Crippen LogP contribution is 2.24. The number of benzene rings is 1. The van der Waals surface area contributed by atoms with Gasteiger partial charge in [-0.15, -0.1) is 10.2 Å². The fraction of sp³-hybridized carbons (Fsp3) is 0.350.